The summed E-state index contributed by atoms with van der Waals surface area (Å²) in [5.41, 5.74) is 0.668. The van der Waals surface area contributed by atoms with Gasteiger partial charge in [-0.2, -0.15) is 0 Å². The minimum Gasteiger partial charge on any atom is -0.490 e. The molecular weight excluding hydrogens is 345 g/mol. The topological polar surface area (TPSA) is 64.6 Å². The molecule has 0 amide bonds. The van der Waals surface area contributed by atoms with E-state index in [1.807, 2.05) is 13.8 Å². The van der Waals surface area contributed by atoms with Gasteiger partial charge in [-0.15, -0.1) is 0 Å². The van der Waals surface area contributed by atoms with Crippen molar-refractivity contribution in [3.8, 4) is 11.5 Å². The highest BCUT2D eigenvalue weighted by Crippen LogP contribution is 2.30. The van der Waals surface area contributed by atoms with E-state index in [0.29, 0.717) is 30.3 Å². The molecule has 0 bridgehead atoms. The van der Waals surface area contributed by atoms with Crippen LogP contribution in [0.5, 0.6) is 11.5 Å². The number of nitrogens with one attached hydrogen (secondary N) is 1. The molecule has 0 aliphatic carbocycles. The maximum absolute atomic E-state index is 13.0. The number of halogens is 1. The minimum atomic E-state index is -3.77. The van der Waals surface area contributed by atoms with Crippen molar-refractivity contribution in [2.75, 3.05) is 13.2 Å². The summed E-state index contributed by atoms with van der Waals surface area (Å²) in [5, 5.41) is 0. The fourth-order valence-corrected chi connectivity index (χ4v) is 3.57. The van der Waals surface area contributed by atoms with Gasteiger partial charge in [0.25, 0.3) is 0 Å². The van der Waals surface area contributed by atoms with Crippen LogP contribution in [0, 0.1) is 5.82 Å². The van der Waals surface area contributed by atoms with Gasteiger partial charge in [0.2, 0.25) is 10.0 Å². The summed E-state index contributed by atoms with van der Waals surface area (Å²) in [4.78, 5) is 0.0772. The van der Waals surface area contributed by atoms with Crippen LogP contribution in [0.4, 0.5) is 4.39 Å². The van der Waals surface area contributed by atoms with Crippen LogP contribution in [0.25, 0.3) is 0 Å². The van der Waals surface area contributed by atoms with Crippen LogP contribution in [0.3, 0.4) is 0 Å². The molecule has 0 aliphatic heterocycles. The molecule has 0 saturated carbocycles. The SMILES string of the molecule is CCOc1ccc(S(=O)(=O)N[C@H](C)c2ccc(F)cc2)cc1OCC. The van der Waals surface area contributed by atoms with Crippen molar-refractivity contribution in [3.63, 3.8) is 0 Å². The molecule has 1 N–H and O–H groups in total. The van der Waals surface area contributed by atoms with Crippen molar-refractivity contribution in [2.45, 2.75) is 31.7 Å². The molecule has 0 fully saturated rings. The Morgan fingerprint density at radius 1 is 1.00 bits per heavy atom. The second kappa shape index (κ2) is 8.31. The molecule has 2 aromatic rings. The summed E-state index contributed by atoms with van der Waals surface area (Å²) in [6.07, 6.45) is 0. The third-order valence-electron chi connectivity index (χ3n) is 3.53. The Hall–Kier alpha value is -2.12. The Labute approximate surface area is 147 Å². The fraction of sp³-hybridized carbons (Fsp3) is 0.333. The molecule has 5 nitrogen and oxygen atoms in total. The van der Waals surface area contributed by atoms with Crippen molar-refractivity contribution >= 4 is 10.0 Å². The van der Waals surface area contributed by atoms with E-state index in [1.54, 1.807) is 25.1 Å². The smallest absolute Gasteiger partial charge is 0.241 e. The van der Waals surface area contributed by atoms with Crippen molar-refractivity contribution in [1.29, 1.82) is 0 Å². The van der Waals surface area contributed by atoms with E-state index in [-0.39, 0.29) is 10.7 Å². The molecule has 7 heteroatoms. The Morgan fingerprint density at radius 3 is 2.20 bits per heavy atom. The van der Waals surface area contributed by atoms with Gasteiger partial charge in [0.05, 0.1) is 18.1 Å². The van der Waals surface area contributed by atoms with Gasteiger partial charge in [0.15, 0.2) is 11.5 Å². The lowest BCUT2D eigenvalue weighted by Crippen LogP contribution is -2.27. The summed E-state index contributed by atoms with van der Waals surface area (Å²) >= 11 is 0. The lowest BCUT2D eigenvalue weighted by Gasteiger charge is -2.16. The van der Waals surface area contributed by atoms with Crippen LogP contribution in [0.15, 0.2) is 47.4 Å². The number of benzene rings is 2. The lowest BCUT2D eigenvalue weighted by molar-refractivity contribution is 0.287. The molecule has 1 atom stereocenters. The Morgan fingerprint density at radius 2 is 1.60 bits per heavy atom. The van der Waals surface area contributed by atoms with Crippen LogP contribution in [0.2, 0.25) is 0 Å². The highest BCUT2D eigenvalue weighted by Gasteiger charge is 2.20. The largest absolute Gasteiger partial charge is 0.490 e. The van der Waals surface area contributed by atoms with E-state index in [2.05, 4.69) is 4.72 Å². The Bertz CT molecular complexity index is 806. The number of hydrogen-bond donors (Lipinski definition) is 1. The first kappa shape index (κ1) is 19.2. The van der Waals surface area contributed by atoms with Crippen LogP contribution >= 0.6 is 0 Å². The van der Waals surface area contributed by atoms with Crippen molar-refractivity contribution in [2.24, 2.45) is 0 Å². The van der Waals surface area contributed by atoms with Gasteiger partial charge < -0.3 is 9.47 Å². The summed E-state index contributed by atoms with van der Waals surface area (Å²) in [7, 11) is -3.77. The van der Waals surface area contributed by atoms with E-state index in [0.717, 1.165) is 0 Å². The molecule has 0 radical (unpaired) electrons. The summed E-state index contributed by atoms with van der Waals surface area (Å²) in [6, 6.07) is 9.66. The van der Waals surface area contributed by atoms with Gasteiger partial charge in [-0.25, -0.2) is 17.5 Å². The van der Waals surface area contributed by atoms with Crippen LogP contribution in [-0.2, 0) is 10.0 Å². The predicted octanol–water partition coefficient (Wildman–Crippen LogP) is 3.66. The lowest BCUT2D eigenvalue weighted by atomic mass is 10.1. The maximum atomic E-state index is 13.0. The van der Waals surface area contributed by atoms with Gasteiger partial charge in [-0.1, -0.05) is 12.1 Å². The first-order chi connectivity index (χ1) is 11.9. The number of sulfonamides is 1. The zero-order valence-corrected chi connectivity index (χ0v) is 15.3. The van der Waals surface area contributed by atoms with Gasteiger partial charge in [-0.05, 0) is 50.6 Å². The second-order valence-electron chi connectivity index (χ2n) is 5.37. The van der Waals surface area contributed by atoms with E-state index >= 15 is 0 Å². The van der Waals surface area contributed by atoms with Gasteiger partial charge in [-0.3, -0.25) is 0 Å². The zero-order valence-electron chi connectivity index (χ0n) is 14.5. The second-order valence-corrected chi connectivity index (χ2v) is 7.08. The third kappa shape index (κ3) is 4.93. The molecule has 0 aliphatic rings. The first-order valence-corrected chi connectivity index (χ1v) is 9.53. The van der Waals surface area contributed by atoms with Gasteiger partial charge >= 0.3 is 0 Å². The van der Waals surface area contributed by atoms with Crippen LogP contribution in [0.1, 0.15) is 32.4 Å². The molecule has 0 heterocycles. The fourth-order valence-electron chi connectivity index (χ4n) is 2.32. The van der Waals surface area contributed by atoms with Gasteiger partial charge in [0.1, 0.15) is 5.82 Å². The van der Waals surface area contributed by atoms with Gasteiger partial charge in [0, 0.05) is 12.1 Å². The summed E-state index contributed by atoms with van der Waals surface area (Å²) < 4.78 is 51.8. The molecule has 0 saturated heterocycles. The average Bonchev–Trinajstić information content (AvgIpc) is 2.57. The highest BCUT2D eigenvalue weighted by atomic mass is 32.2. The standard InChI is InChI=1S/C18H22FNO4S/c1-4-23-17-11-10-16(12-18(17)24-5-2)25(21,22)20-13(3)14-6-8-15(19)9-7-14/h6-13,20H,4-5H2,1-3H3/t13-/m1/s1. The average molecular weight is 367 g/mol. The molecule has 2 rings (SSSR count). The third-order valence-corrected chi connectivity index (χ3v) is 5.07. The summed E-state index contributed by atoms with van der Waals surface area (Å²) in [5.74, 6) is 0.503. The zero-order chi connectivity index (χ0) is 18.4. The molecule has 0 unspecified atom stereocenters. The maximum Gasteiger partial charge on any atom is 0.241 e. The van der Waals surface area contributed by atoms with Crippen LogP contribution < -0.4 is 14.2 Å². The van der Waals surface area contributed by atoms with Crippen molar-refractivity contribution < 1.29 is 22.3 Å². The monoisotopic (exact) mass is 367 g/mol. The number of rotatable bonds is 8. The Balaban J connectivity index is 2.26. The van der Waals surface area contributed by atoms with E-state index in [4.69, 9.17) is 9.47 Å². The first-order valence-electron chi connectivity index (χ1n) is 8.04. The quantitative estimate of drug-likeness (QED) is 0.773. The van der Waals surface area contributed by atoms with Crippen molar-refractivity contribution in [3.05, 3.63) is 53.8 Å². The molecule has 0 spiro atoms. The number of ether oxygens (including phenoxy) is 2. The normalized spacial score (nSPS) is 12.6. The van der Waals surface area contributed by atoms with E-state index in [1.165, 1.54) is 24.3 Å². The minimum absolute atomic E-state index is 0.0772. The molecule has 0 aromatic heterocycles. The summed E-state index contributed by atoms with van der Waals surface area (Å²) in [6.45, 7) is 6.19. The van der Waals surface area contributed by atoms with Crippen molar-refractivity contribution in [1.82, 2.24) is 4.72 Å². The molecular formula is C18H22FNO4S. The Kier molecular flexibility index (Phi) is 6.39. The number of hydrogen-bond acceptors (Lipinski definition) is 4. The molecule has 25 heavy (non-hydrogen) atoms. The predicted molar refractivity (Wildman–Crippen MR) is 93.9 cm³/mol. The molecule has 136 valence electrons. The van der Waals surface area contributed by atoms with E-state index < -0.39 is 16.1 Å². The van der Waals surface area contributed by atoms with Crippen LogP contribution in [-0.4, -0.2) is 21.6 Å². The van der Waals surface area contributed by atoms with E-state index in [9.17, 15) is 12.8 Å². The molecule has 2 aromatic carbocycles. The highest BCUT2D eigenvalue weighted by molar-refractivity contribution is 7.89.